The third kappa shape index (κ3) is 6.04. The quantitative estimate of drug-likeness (QED) is 0.384. The van der Waals surface area contributed by atoms with Gasteiger partial charge in [-0.15, -0.1) is 0 Å². The van der Waals surface area contributed by atoms with Crippen molar-refractivity contribution in [2.24, 2.45) is 0 Å². The normalized spacial score (nSPS) is 13.2. The van der Waals surface area contributed by atoms with Crippen molar-refractivity contribution in [2.45, 2.75) is 17.7 Å². The molecule has 1 fully saturated rings. The number of anilines is 3. The molecule has 0 atom stereocenters. The van der Waals surface area contributed by atoms with E-state index in [4.69, 9.17) is 25.8 Å². The summed E-state index contributed by atoms with van der Waals surface area (Å²) < 4.78 is 44.6. The van der Waals surface area contributed by atoms with Gasteiger partial charge in [-0.25, -0.2) is 8.42 Å². The zero-order valence-electron chi connectivity index (χ0n) is 21.6. The van der Waals surface area contributed by atoms with Crippen molar-refractivity contribution >= 4 is 50.5 Å². The Balaban J connectivity index is 1.66. The third-order valence-electron chi connectivity index (χ3n) is 6.18. The highest BCUT2D eigenvalue weighted by molar-refractivity contribution is 7.92. The van der Waals surface area contributed by atoms with E-state index in [0.29, 0.717) is 24.4 Å². The second-order valence-electron chi connectivity index (χ2n) is 8.59. The number of amides is 2. The fourth-order valence-electron chi connectivity index (χ4n) is 4.24. The average molecular weight is 574 g/mol. The van der Waals surface area contributed by atoms with Gasteiger partial charge in [-0.1, -0.05) is 11.6 Å². The summed E-state index contributed by atoms with van der Waals surface area (Å²) in [5.41, 5.74) is 1.26. The number of sulfonamides is 1. The third-order valence-corrected chi connectivity index (χ3v) is 8.17. The van der Waals surface area contributed by atoms with Crippen molar-refractivity contribution < 1.29 is 32.2 Å². The van der Waals surface area contributed by atoms with Gasteiger partial charge in [0.25, 0.3) is 10.0 Å². The molecule has 1 saturated heterocycles. The van der Waals surface area contributed by atoms with Crippen LogP contribution in [0.1, 0.15) is 12.8 Å². The average Bonchev–Trinajstić information content (AvgIpc) is 3.37. The van der Waals surface area contributed by atoms with Gasteiger partial charge in [-0.3, -0.25) is 13.9 Å². The van der Waals surface area contributed by atoms with Gasteiger partial charge in [0.15, 0.2) is 11.5 Å². The van der Waals surface area contributed by atoms with E-state index in [0.717, 1.165) is 16.4 Å². The SMILES string of the molecule is COc1ccc(S(=O)(=O)N(CC(=O)Nc2ccc(N3CCCC3=O)cc2)c2cc(Cl)ccc2OC)cc1OC. The van der Waals surface area contributed by atoms with E-state index in [1.807, 2.05) is 0 Å². The van der Waals surface area contributed by atoms with Crippen molar-refractivity contribution in [3.63, 3.8) is 0 Å². The largest absolute Gasteiger partial charge is 0.495 e. The Morgan fingerprint density at radius 1 is 0.949 bits per heavy atom. The number of hydrogen-bond acceptors (Lipinski definition) is 7. The lowest BCUT2D eigenvalue weighted by atomic mass is 10.2. The summed E-state index contributed by atoms with van der Waals surface area (Å²) in [6.07, 6.45) is 1.31. The van der Waals surface area contributed by atoms with Crippen molar-refractivity contribution in [1.29, 1.82) is 0 Å². The molecule has 1 heterocycles. The number of halogens is 1. The van der Waals surface area contributed by atoms with Crippen LogP contribution in [-0.2, 0) is 19.6 Å². The number of benzene rings is 3. The second kappa shape index (κ2) is 11.8. The molecule has 1 N–H and O–H groups in total. The molecule has 4 rings (SSSR count). The van der Waals surface area contributed by atoms with Gasteiger partial charge in [-0.2, -0.15) is 0 Å². The van der Waals surface area contributed by atoms with Crippen molar-refractivity contribution in [2.75, 3.05) is 48.9 Å². The van der Waals surface area contributed by atoms with E-state index in [9.17, 15) is 18.0 Å². The van der Waals surface area contributed by atoms with Crippen LogP contribution in [0.2, 0.25) is 5.02 Å². The smallest absolute Gasteiger partial charge is 0.265 e. The highest BCUT2D eigenvalue weighted by Gasteiger charge is 2.31. The van der Waals surface area contributed by atoms with Gasteiger partial charge in [0, 0.05) is 35.4 Å². The monoisotopic (exact) mass is 573 g/mol. The van der Waals surface area contributed by atoms with Crippen LogP contribution in [0.15, 0.2) is 65.6 Å². The first-order valence-corrected chi connectivity index (χ1v) is 13.8. The molecule has 206 valence electrons. The van der Waals surface area contributed by atoms with Crippen LogP contribution in [0.25, 0.3) is 0 Å². The summed E-state index contributed by atoms with van der Waals surface area (Å²) in [5, 5.41) is 2.98. The summed E-state index contributed by atoms with van der Waals surface area (Å²) in [7, 11) is -0.0959. The molecule has 1 aliphatic heterocycles. The number of carbonyl (C=O) groups excluding carboxylic acids is 2. The molecule has 3 aromatic rings. The van der Waals surface area contributed by atoms with E-state index < -0.39 is 22.5 Å². The molecule has 0 aromatic heterocycles. The molecule has 2 amide bonds. The molecular formula is C27H28ClN3O7S. The lowest BCUT2D eigenvalue weighted by molar-refractivity contribution is -0.117. The van der Waals surface area contributed by atoms with Crippen LogP contribution >= 0.6 is 11.6 Å². The lowest BCUT2D eigenvalue weighted by Gasteiger charge is -2.26. The molecule has 0 radical (unpaired) electrons. The van der Waals surface area contributed by atoms with Crippen molar-refractivity contribution in [3.05, 3.63) is 65.7 Å². The Hall–Kier alpha value is -3.96. The molecule has 0 saturated carbocycles. The minimum Gasteiger partial charge on any atom is -0.495 e. The summed E-state index contributed by atoms with van der Waals surface area (Å²) in [5.74, 6) is 0.206. The van der Waals surface area contributed by atoms with Crippen LogP contribution in [0, 0.1) is 0 Å². The first-order valence-electron chi connectivity index (χ1n) is 12.0. The standard InChI is InChI=1S/C27H28ClN3O7S/c1-36-23-12-6-18(28)15-22(23)31(39(34,35)21-11-13-24(37-2)25(16-21)38-3)17-26(32)29-19-7-9-20(10-8-19)30-14-4-5-27(30)33/h6-13,15-16H,4-5,14,17H2,1-3H3,(H,29,32). The van der Waals surface area contributed by atoms with Crippen LogP contribution in [0.5, 0.6) is 17.2 Å². The van der Waals surface area contributed by atoms with E-state index >= 15 is 0 Å². The summed E-state index contributed by atoms with van der Waals surface area (Å²) in [6.45, 7) is 0.0642. The lowest BCUT2D eigenvalue weighted by Crippen LogP contribution is -2.38. The van der Waals surface area contributed by atoms with E-state index in [1.54, 1.807) is 35.2 Å². The Morgan fingerprint density at radius 3 is 2.23 bits per heavy atom. The van der Waals surface area contributed by atoms with Crippen LogP contribution in [0.3, 0.4) is 0 Å². The van der Waals surface area contributed by atoms with Gasteiger partial charge in [0.1, 0.15) is 12.3 Å². The highest BCUT2D eigenvalue weighted by Crippen LogP contribution is 2.37. The Labute approximate surface area is 232 Å². The number of methoxy groups -OCH3 is 3. The van der Waals surface area contributed by atoms with E-state index in [2.05, 4.69) is 5.32 Å². The molecule has 1 aliphatic rings. The molecule has 3 aromatic carbocycles. The first kappa shape index (κ1) is 28.1. The number of rotatable bonds is 10. The fourth-order valence-corrected chi connectivity index (χ4v) is 5.84. The van der Waals surface area contributed by atoms with E-state index in [1.165, 1.54) is 51.7 Å². The summed E-state index contributed by atoms with van der Waals surface area (Å²) in [4.78, 5) is 26.8. The number of carbonyl (C=O) groups is 2. The molecule has 10 nitrogen and oxygen atoms in total. The summed E-state index contributed by atoms with van der Waals surface area (Å²) in [6, 6.07) is 15.4. The van der Waals surface area contributed by atoms with E-state index in [-0.39, 0.29) is 33.0 Å². The molecule has 12 heteroatoms. The minimum atomic E-state index is -4.32. The van der Waals surface area contributed by atoms with Gasteiger partial charge < -0.3 is 24.4 Å². The Bertz CT molecular complexity index is 1480. The second-order valence-corrected chi connectivity index (χ2v) is 10.9. The van der Waals surface area contributed by atoms with Crippen LogP contribution < -0.4 is 28.7 Å². The van der Waals surface area contributed by atoms with Crippen molar-refractivity contribution in [3.8, 4) is 17.2 Å². The molecule has 0 aliphatic carbocycles. The molecular weight excluding hydrogens is 546 g/mol. The van der Waals surface area contributed by atoms with Gasteiger partial charge in [0.2, 0.25) is 11.8 Å². The topological polar surface area (TPSA) is 114 Å². The maximum Gasteiger partial charge on any atom is 0.265 e. The van der Waals surface area contributed by atoms with Gasteiger partial charge >= 0.3 is 0 Å². The summed E-state index contributed by atoms with van der Waals surface area (Å²) >= 11 is 6.20. The number of nitrogens with zero attached hydrogens (tertiary/aromatic N) is 2. The Morgan fingerprint density at radius 2 is 1.62 bits per heavy atom. The van der Waals surface area contributed by atoms with Gasteiger partial charge in [-0.05, 0) is 61.0 Å². The van der Waals surface area contributed by atoms with Crippen molar-refractivity contribution in [1.82, 2.24) is 0 Å². The number of hydrogen-bond donors (Lipinski definition) is 1. The zero-order valence-corrected chi connectivity index (χ0v) is 23.2. The number of ether oxygens (including phenoxy) is 3. The molecule has 0 spiro atoms. The van der Waals surface area contributed by atoms with Crippen LogP contribution in [0.4, 0.5) is 17.1 Å². The van der Waals surface area contributed by atoms with Gasteiger partial charge in [0.05, 0.1) is 31.9 Å². The number of nitrogens with one attached hydrogen (secondary N) is 1. The molecule has 39 heavy (non-hydrogen) atoms. The first-order chi connectivity index (χ1) is 18.7. The Kier molecular flexibility index (Phi) is 8.51. The predicted molar refractivity (Wildman–Crippen MR) is 149 cm³/mol. The molecule has 0 unspecified atom stereocenters. The fraction of sp³-hybridized carbons (Fsp3) is 0.259. The van der Waals surface area contributed by atoms with Crippen LogP contribution in [-0.4, -0.2) is 54.7 Å². The predicted octanol–water partition coefficient (Wildman–Crippen LogP) is 4.33. The maximum atomic E-state index is 13.9. The minimum absolute atomic E-state index is 0.0539. The maximum absolute atomic E-state index is 13.9. The zero-order chi connectivity index (χ0) is 28.2. The highest BCUT2D eigenvalue weighted by atomic mass is 35.5. The molecule has 0 bridgehead atoms.